The second-order valence-corrected chi connectivity index (χ2v) is 21.5. The van der Waals surface area contributed by atoms with Crippen LogP contribution in [-0.2, 0) is 52.9 Å². The second-order valence-electron chi connectivity index (χ2n) is 20.6. The number of ether oxygens (including phenoxy) is 5. The van der Waals surface area contributed by atoms with E-state index in [1.807, 2.05) is 59.7 Å². The Kier molecular flexibility index (Phi) is 15.4. The molecule has 19 nitrogen and oxygen atoms in total. The number of rotatable bonds is 14. The number of carbonyl (C=O) groups is 5. The molecule has 3 N–H and O–H groups in total. The Morgan fingerprint density at radius 2 is 1.52 bits per heavy atom. The normalized spacial score (nSPS) is 16.7. The van der Waals surface area contributed by atoms with Gasteiger partial charge in [-0.2, -0.15) is 4.68 Å². The zero-order valence-electron chi connectivity index (χ0n) is 40.4. The monoisotopic (exact) mass is 940 g/mol. The number of thiazole rings is 1. The average Bonchev–Trinajstić information content (AvgIpc) is 3.77. The number of alkyl carbamates (subject to hydrolysis) is 1. The minimum absolute atomic E-state index is 0.0682. The number of nitrogens with zero attached hydrogens (tertiary/aromatic N) is 5. The standard InChI is InChI=1S/C46H65N7O12S/c1-42(2,3)61-37(56)46(13,65-50-35(36(54)55)32-27-66-38(48-32)49-40(58)63-44(7,8)9)34-18-16-30-21-29(15-17-33(30)60-34)31-25-52(20-14-19-47-39(57)62-43(4,5)6)53(26-31)24-28-22-51(23-28)41(59)64-45(10,11)12/h15,17,21,25-28,34H,14,16,18-20,22-24H2,1-13H3,(H2-,47,48,49,54,55,57,58)/p+1/b50-35-/t34-,46?/m1/s1. The predicted octanol–water partition coefficient (Wildman–Crippen LogP) is 7.33. The summed E-state index contributed by atoms with van der Waals surface area (Å²) in [6.45, 7) is 25.4. The highest BCUT2D eigenvalue weighted by molar-refractivity contribution is 7.14. The molecule has 66 heavy (non-hydrogen) atoms. The lowest BCUT2D eigenvalue weighted by Crippen LogP contribution is -2.58. The Balaban J connectivity index is 1.35. The number of nitrogens with one attached hydrogen (secondary N) is 2. The fraction of sp³-hybridized carbons (Fsp3) is 0.609. The van der Waals surface area contributed by atoms with Gasteiger partial charge in [-0.05, 0) is 133 Å². The molecule has 5 rings (SSSR count). The molecule has 0 spiro atoms. The summed E-state index contributed by atoms with van der Waals surface area (Å²) in [6, 6.07) is 5.77. The van der Waals surface area contributed by atoms with Gasteiger partial charge in [0.1, 0.15) is 33.8 Å². The van der Waals surface area contributed by atoms with Crippen LogP contribution in [-0.4, -0.2) is 109 Å². The number of carboxylic acids is 1. The largest absolute Gasteiger partial charge is 0.485 e. The molecule has 4 heterocycles. The van der Waals surface area contributed by atoms with Crippen molar-refractivity contribution < 1.29 is 62.3 Å². The molecule has 1 saturated heterocycles. The average molecular weight is 941 g/mol. The Hall–Kier alpha value is -5.92. The molecular weight excluding hydrogens is 875 g/mol. The molecule has 0 radical (unpaired) electrons. The molecular formula is C46H66N7O12S+. The van der Waals surface area contributed by atoms with E-state index in [4.69, 9.17) is 28.5 Å². The first-order chi connectivity index (χ1) is 30.5. The third-order valence-corrected chi connectivity index (χ3v) is 10.6. The van der Waals surface area contributed by atoms with Crippen molar-refractivity contribution in [3.8, 4) is 16.9 Å². The van der Waals surface area contributed by atoms with Crippen molar-refractivity contribution in [3.05, 3.63) is 47.2 Å². The minimum Gasteiger partial charge on any atom is -0.485 e. The van der Waals surface area contributed by atoms with Gasteiger partial charge in [-0.1, -0.05) is 11.2 Å². The van der Waals surface area contributed by atoms with Crippen molar-refractivity contribution in [1.82, 2.24) is 19.9 Å². The number of carbonyl (C=O) groups excluding carboxylic acids is 4. The first kappa shape index (κ1) is 51.1. The molecule has 362 valence electrons. The van der Waals surface area contributed by atoms with Crippen LogP contribution in [0, 0.1) is 5.92 Å². The van der Waals surface area contributed by atoms with Crippen LogP contribution in [0.4, 0.5) is 19.5 Å². The van der Waals surface area contributed by atoms with Crippen molar-refractivity contribution in [2.75, 3.05) is 25.0 Å². The Morgan fingerprint density at radius 1 is 0.879 bits per heavy atom. The van der Waals surface area contributed by atoms with E-state index in [2.05, 4.69) is 42.5 Å². The van der Waals surface area contributed by atoms with E-state index in [9.17, 15) is 29.1 Å². The van der Waals surface area contributed by atoms with Crippen LogP contribution in [0.25, 0.3) is 11.1 Å². The lowest BCUT2D eigenvalue weighted by molar-refractivity contribution is -0.781. The number of esters is 1. The third-order valence-electron chi connectivity index (χ3n) is 9.83. The topological polar surface area (TPSA) is 222 Å². The van der Waals surface area contributed by atoms with Gasteiger partial charge in [0.05, 0.1) is 24.2 Å². The number of amides is 3. The van der Waals surface area contributed by atoms with Crippen LogP contribution in [0.1, 0.15) is 114 Å². The summed E-state index contributed by atoms with van der Waals surface area (Å²) >= 11 is 0.957. The van der Waals surface area contributed by atoms with Crippen LogP contribution >= 0.6 is 11.3 Å². The summed E-state index contributed by atoms with van der Waals surface area (Å²) < 4.78 is 32.7. The van der Waals surface area contributed by atoms with Gasteiger partial charge in [0.25, 0.3) is 5.60 Å². The van der Waals surface area contributed by atoms with E-state index >= 15 is 0 Å². The molecule has 3 aromatic rings. The number of anilines is 1. The van der Waals surface area contributed by atoms with Gasteiger partial charge in [-0.25, -0.2) is 29.0 Å². The maximum absolute atomic E-state index is 13.9. The number of likely N-dealkylation sites (tertiary alicyclic amines) is 1. The van der Waals surface area contributed by atoms with Crippen molar-refractivity contribution in [3.63, 3.8) is 0 Å². The third kappa shape index (κ3) is 14.5. The number of aliphatic carboxylic acids is 1. The molecule has 1 aromatic carbocycles. The van der Waals surface area contributed by atoms with E-state index in [-0.39, 0.29) is 29.3 Å². The van der Waals surface area contributed by atoms with Gasteiger partial charge in [0, 0.05) is 25.0 Å². The molecule has 0 aliphatic carbocycles. The number of benzene rings is 1. The smallest absolute Gasteiger partial charge is 0.413 e. The molecule has 2 aromatic heterocycles. The van der Waals surface area contributed by atoms with E-state index < -0.39 is 63.9 Å². The molecule has 1 fully saturated rings. The van der Waals surface area contributed by atoms with Crippen LogP contribution in [0.2, 0.25) is 0 Å². The number of hydrogen-bond donors (Lipinski definition) is 3. The summed E-state index contributed by atoms with van der Waals surface area (Å²) in [6.07, 6.45) is 2.97. The van der Waals surface area contributed by atoms with Crippen molar-refractivity contribution >= 4 is 52.4 Å². The first-order valence-corrected chi connectivity index (χ1v) is 22.9. The van der Waals surface area contributed by atoms with E-state index in [1.54, 1.807) is 46.4 Å². The predicted molar refractivity (Wildman–Crippen MR) is 244 cm³/mol. The van der Waals surface area contributed by atoms with E-state index in [1.165, 1.54) is 12.3 Å². The summed E-state index contributed by atoms with van der Waals surface area (Å²) in [5.41, 5.74) is -2.80. The Bertz CT molecular complexity index is 2290. The summed E-state index contributed by atoms with van der Waals surface area (Å²) in [4.78, 5) is 75.5. The molecule has 0 saturated carbocycles. The zero-order valence-corrected chi connectivity index (χ0v) is 41.2. The maximum Gasteiger partial charge on any atom is 0.413 e. The number of oxime groups is 1. The number of carboxylic acid groups (broad SMARTS) is 1. The van der Waals surface area contributed by atoms with Crippen LogP contribution in [0.5, 0.6) is 5.75 Å². The molecule has 1 unspecified atom stereocenters. The quantitative estimate of drug-likeness (QED) is 0.0360. The highest BCUT2D eigenvalue weighted by Gasteiger charge is 2.51. The lowest BCUT2D eigenvalue weighted by Gasteiger charge is -2.38. The first-order valence-electron chi connectivity index (χ1n) is 22.0. The fourth-order valence-electron chi connectivity index (χ4n) is 6.90. The van der Waals surface area contributed by atoms with Crippen LogP contribution < -0.4 is 20.1 Å². The SMILES string of the molecule is CC(C)(C)OC(=O)NCCCn1cc(-c2ccc3c(c2)CC[C@H](C(C)(O/N=C(\C(=O)O)c2csc(NC(=O)OC(C)(C)C)n2)C(=O)OC(C)(C)C)O3)c[n+]1CC1CN(C(=O)OC(C)(C)C)C1. The van der Waals surface area contributed by atoms with Gasteiger partial charge >= 0.3 is 30.2 Å². The summed E-state index contributed by atoms with van der Waals surface area (Å²) in [5, 5.41) is 20.9. The molecule has 20 heteroatoms. The lowest BCUT2D eigenvalue weighted by atomic mass is 9.89. The number of aromatic nitrogens is 3. The van der Waals surface area contributed by atoms with Crippen LogP contribution in [0.15, 0.2) is 41.1 Å². The Labute approximate surface area is 390 Å². The molecule has 0 bridgehead atoms. The van der Waals surface area contributed by atoms with E-state index in [0.29, 0.717) is 51.3 Å². The fourth-order valence-corrected chi connectivity index (χ4v) is 7.58. The maximum atomic E-state index is 13.9. The van der Waals surface area contributed by atoms with Crippen molar-refractivity contribution in [1.29, 1.82) is 0 Å². The number of aryl methyl sites for hydroxylation is 2. The van der Waals surface area contributed by atoms with Gasteiger partial charge in [-0.3, -0.25) is 5.32 Å². The molecule has 2 atom stereocenters. The number of hydrogen-bond acceptors (Lipinski definition) is 14. The molecule has 2 aliphatic heterocycles. The summed E-state index contributed by atoms with van der Waals surface area (Å²) in [5.74, 6) is -1.59. The minimum atomic E-state index is -1.92. The van der Waals surface area contributed by atoms with Crippen molar-refractivity contribution in [2.24, 2.45) is 11.1 Å². The molecule has 2 aliphatic rings. The zero-order chi connectivity index (χ0) is 49.0. The summed E-state index contributed by atoms with van der Waals surface area (Å²) in [7, 11) is 0. The second kappa shape index (κ2) is 19.9. The molecule has 3 amide bonds. The highest BCUT2D eigenvalue weighted by Crippen LogP contribution is 2.37. The van der Waals surface area contributed by atoms with Gasteiger partial charge < -0.3 is 43.8 Å². The van der Waals surface area contributed by atoms with Gasteiger partial charge in [0.15, 0.2) is 17.8 Å². The number of fused-ring (bicyclic) bond motifs is 1. The van der Waals surface area contributed by atoms with Crippen LogP contribution in [0.3, 0.4) is 0 Å². The van der Waals surface area contributed by atoms with Gasteiger partial charge in [-0.15, -0.1) is 16.0 Å². The van der Waals surface area contributed by atoms with Crippen molar-refractivity contribution in [2.45, 2.75) is 156 Å². The van der Waals surface area contributed by atoms with Gasteiger partial charge in [0.2, 0.25) is 11.9 Å². The Morgan fingerprint density at radius 3 is 2.14 bits per heavy atom. The van der Waals surface area contributed by atoms with E-state index in [0.717, 1.165) is 28.0 Å². The highest BCUT2D eigenvalue weighted by atomic mass is 32.1.